The van der Waals surface area contributed by atoms with E-state index in [0.717, 1.165) is 11.6 Å². The van der Waals surface area contributed by atoms with Crippen molar-refractivity contribution in [2.75, 3.05) is 39.8 Å². The van der Waals surface area contributed by atoms with Gasteiger partial charge in [-0.3, -0.25) is 0 Å². The Morgan fingerprint density at radius 3 is 2.24 bits per heavy atom. The van der Waals surface area contributed by atoms with Gasteiger partial charge in [-0.15, -0.1) is 6.58 Å². The van der Waals surface area contributed by atoms with Crippen LogP contribution < -0.4 is 0 Å². The first-order valence-corrected chi connectivity index (χ1v) is 17.3. The molecule has 1 aliphatic rings. The highest BCUT2D eigenvalue weighted by molar-refractivity contribution is 7.90. The summed E-state index contributed by atoms with van der Waals surface area (Å²) in [5, 5.41) is 0. The zero-order chi connectivity index (χ0) is 25.6. The molecule has 1 aromatic rings. The van der Waals surface area contributed by atoms with Gasteiger partial charge in [0.15, 0.2) is 0 Å². The van der Waals surface area contributed by atoms with Crippen LogP contribution in [0.5, 0.6) is 0 Å². The van der Waals surface area contributed by atoms with Crippen LogP contribution in [-0.4, -0.2) is 61.4 Å². The van der Waals surface area contributed by atoms with Crippen LogP contribution in [0.1, 0.15) is 51.7 Å². The molecular formula is C27H47NO4SSi. The summed E-state index contributed by atoms with van der Waals surface area (Å²) in [7, 11) is -1.20. The van der Waals surface area contributed by atoms with Crippen LogP contribution in [0.4, 0.5) is 0 Å². The molecule has 1 heterocycles. The third kappa shape index (κ3) is 7.92. The van der Waals surface area contributed by atoms with Gasteiger partial charge in [0, 0.05) is 32.0 Å². The second kappa shape index (κ2) is 12.5. The normalized spacial score (nSPS) is 18.1. The van der Waals surface area contributed by atoms with Crippen molar-refractivity contribution in [3.05, 3.63) is 48.0 Å². The predicted octanol–water partition coefficient (Wildman–Crippen LogP) is 5.93. The third-order valence-corrected chi connectivity index (χ3v) is 9.91. The maximum Gasteiger partial charge on any atom is 0.143 e. The molecule has 1 aromatic carbocycles. The molecular weight excluding hydrogens is 462 g/mol. The summed E-state index contributed by atoms with van der Waals surface area (Å²) in [5.74, 6) is 0.772. The zero-order valence-electron chi connectivity index (χ0n) is 22.7. The Labute approximate surface area is 212 Å². The van der Waals surface area contributed by atoms with E-state index in [-0.39, 0.29) is 0 Å². The molecule has 0 bridgehead atoms. The van der Waals surface area contributed by atoms with Crippen LogP contribution in [-0.2, 0) is 31.1 Å². The number of hydrogen-bond acceptors (Lipinski definition) is 5. The SMILES string of the molecule is C=CCOCC(c1ccc(C2(N(COCC[Si](C)(C)C)[S+]([O-])C(C)(C)C)COC2)cc1)C(C)C. The molecule has 0 aromatic heterocycles. The maximum absolute atomic E-state index is 13.7. The van der Waals surface area contributed by atoms with Crippen molar-refractivity contribution in [2.45, 2.75) is 76.5 Å². The van der Waals surface area contributed by atoms with Gasteiger partial charge >= 0.3 is 0 Å². The first-order valence-electron chi connectivity index (χ1n) is 12.5. The molecule has 0 radical (unpaired) electrons. The standard InChI is InChI=1S/C27H47NO4SSi/c1-10-15-30-18-25(22(2)3)23-11-13-24(14-12-23)27(19-32-20-27)28(33(29)26(4,5)6)21-31-16-17-34(7,8)9/h10-14,22,25H,1,15-21H2,2-9H3. The molecule has 1 aliphatic heterocycles. The summed E-state index contributed by atoms with van der Waals surface area (Å²) in [4.78, 5) is 0. The summed E-state index contributed by atoms with van der Waals surface area (Å²) < 4.78 is 32.9. The summed E-state index contributed by atoms with van der Waals surface area (Å²) >= 11 is -1.23. The van der Waals surface area contributed by atoms with Crippen molar-refractivity contribution in [3.8, 4) is 0 Å². The number of benzene rings is 1. The molecule has 0 saturated carbocycles. The van der Waals surface area contributed by atoms with Gasteiger partial charge in [-0.1, -0.05) is 68.1 Å². The molecule has 0 spiro atoms. The molecule has 34 heavy (non-hydrogen) atoms. The van der Waals surface area contributed by atoms with Crippen molar-refractivity contribution in [1.29, 1.82) is 0 Å². The van der Waals surface area contributed by atoms with Gasteiger partial charge in [-0.2, -0.15) is 0 Å². The summed E-state index contributed by atoms with van der Waals surface area (Å²) in [6, 6.07) is 9.83. The lowest BCUT2D eigenvalue weighted by atomic mass is 9.84. The second-order valence-corrected chi connectivity index (χ2v) is 19.7. The van der Waals surface area contributed by atoms with E-state index in [1.165, 1.54) is 5.56 Å². The van der Waals surface area contributed by atoms with Gasteiger partial charge in [0.2, 0.25) is 0 Å². The van der Waals surface area contributed by atoms with Crippen LogP contribution in [0.25, 0.3) is 0 Å². The summed E-state index contributed by atoms with van der Waals surface area (Å²) in [6.45, 7) is 24.6. The lowest BCUT2D eigenvalue weighted by Gasteiger charge is -2.50. The molecule has 194 valence electrons. The first-order chi connectivity index (χ1) is 15.8. The van der Waals surface area contributed by atoms with E-state index in [2.05, 4.69) is 64.3 Å². The number of hydrogen-bond donors (Lipinski definition) is 0. The average Bonchev–Trinajstić information content (AvgIpc) is 2.70. The Balaban J connectivity index is 2.27. The van der Waals surface area contributed by atoms with Crippen LogP contribution in [0, 0.1) is 5.92 Å². The third-order valence-electron chi connectivity index (χ3n) is 6.30. The van der Waals surface area contributed by atoms with Gasteiger partial charge in [-0.25, -0.2) is 0 Å². The number of nitrogens with zero attached hydrogens (tertiary/aromatic N) is 1. The maximum atomic E-state index is 13.7. The lowest BCUT2D eigenvalue weighted by molar-refractivity contribution is -0.139. The van der Waals surface area contributed by atoms with Crippen LogP contribution in [0.15, 0.2) is 36.9 Å². The van der Waals surface area contributed by atoms with Crippen molar-refractivity contribution in [1.82, 2.24) is 4.31 Å². The van der Waals surface area contributed by atoms with Gasteiger partial charge in [-0.05, 0) is 43.9 Å². The van der Waals surface area contributed by atoms with E-state index in [9.17, 15) is 4.55 Å². The number of ether oxygens (including phenoxy) is 3. The molecule has 2 unspecified atom stereocenters. The fourth-order valence-corrected chi connectivity index (χ4v) is 6.05. The lowest BCUT2D eigenvalue weighted by Crippen LogP contribution is -2.64. The number of rotatable bonds is 14. The topological polar surface area (TPSA) is 54.0 Å². The zero-order valence-corrected chi connectivity index (χ0v) is 24.5. The Hall–Kier alpha value is -0.673. The van der Waals surface area contributed by atoms with Gasteiger partial charge in [0.05, 0.1) is 26.4 Å². The van der Waals surface area contributed by atoms with Crippen LogP contribution in [0.3, 0.4) is 0 Å². The minimum absolute atomic E-state index is 0.312. The molecule has 2 rings (SSSR count). The van der Waals surface area contributed by atoms with Crippen molar-refractivity contribution >= 4 is 19.4 Å². The van der Waals surface area contributed by atoms with Crippen molar-refractivity contribution < 1.29 is 18.8 Å². The summed E-state index contributed by atoms with van der Waals surface area (Å²) in [6.07, 6.45) is 1.79. The highest BCUT2D eigenvalue weighted by Crippen LogP contribution is 2.41. The Kier molecular flexibility index (Phi) is 10.9. The molecule has 7 heteroatoms. The predicted molar refractivity (Wildman–Crippen MR) is 146 cm³/mol. The van der Waals surface area contributed by atoms with Crippen molar-refractivity contribution in [3.63, 3.8) is 0 Å². The van der Waals surface area contributed by atoms with E-state index in [1.807, 2.05) is 25.1 Å². The van der Waals surface area contributed by atoms with Crippen LogP contribution >= 0.6 is 0 Å². The Morgan fingerprint density at radius 2 is 1.79 bits per heavy atom. The Bertz CT molecular complexity index is 753. The fourth-order valence-electron chi connectivity index (χ4n) is 3.93. The molecule has 1 saturated heterocycles. The molecule has 0 amide bonds. The first kappa shape index (κ1) is 29.6. The Morgan fingerprint density at radius 1 is 1.18 bits per heavy atom. The molecule has 0 N–H and O–H groups in total. The molecule has 1 fully saturated rings. The largest absolute Gasteiger partial charge is 0.597 e. The van der Waals surface area contributed by atoms with Gasteiger partial charge in [0.25, 0.3) is 0 Å². The van der Waals surface area contributed by atoms with Gasteiger partial charge in [0.1, 0.15) is 17.0 Å². The van der Waals surface area contributed by atoms with Crippen LogP contribution in [0.2, 0.25) is 25.7 Å². The second-order valence-electron chi connectivity index (χ2n) is 11.9. The average molecular weight is 510 g/mol. The highest BCUT2D eigenvalue weighted by atomic mass is 32.2. The summed E-state index contributed by atoms with van der Waals surface area (Å²) in [5.41, 5.74) is 1.94. The van der Waals surface area contributed by atoms with E-state index in [1.54, 1.807) is 6.08 Å². The van der Waals surface area contributed by atoms with E-state index < -0.39 is 29.7 Å². The highest BCUT2D eigenvalue weighted by Gasteiger charge is 2.54. The monoisotopic (exact) mass is 509 g/mol. The minimum Gasteiger partial charge on any atom is -0.597 e. The van der Waals surface area contributed by atoms with E-state index >= 15 is 0 Å². The smallest absolute Gasteiger partial charge is 0.143 e. The van der Waals surface area contributed by atoms with E-state index in [0.29, 0.717) is 51.6 Å². The van der Waals surface area contributed by atoms with Gasteiger partial charge < -0.3 is 18.8 Å². The van der Waals surface area contributed by atoms with Crippen molar-refractivity contribution in [2.24, 2.45) is 5.92 Å². The molecule has 5 nitrogen and oxygen atoms in total. The molecule has 2 atom stereocenters. The van der Waals surface area contributed by atoms with E-state index in [4.69, 9.17) is 14.2 Å². The molecule has 0 aliphatic carbocycles. The fraction of sp³-hybridized carbons (Fsp3) is 0.704. The quantitative estimate of drug-likeness (QED) is 0.102. The minimum atomic E-state index is -1.23.